The van der Waals surface area contributed by atoms with Crippen LogP contribution in [0.5, 0.6) is 0 Å². The SMILES string of the molecule is CC(CN1CCCC1)NS(=O)(=O)N1CCC(CO)CC1. The third kappa shape index (κ3) is 4.39. The van der Waals surface area contributed by atoms with E-state index in [0.29, 0.717) is 13.1 Å². The van der Waals surface area contributed by atoms with Crippen LogP contribution in [0.3, 0.4) is 0 Å². The first-order valence-corrected chi connectivity index (χ1v) is 9.06. The second-order valence-electron chi connectivity index (χ2n) is 6.06. The summed E-state index contributed by atoms with van der Waals surface area (Å²) in [5, 5.41) is 9.10. The fourth-order valence-corrected chi connectivity index (χ4v) is 4.47. The number of hydrogen-bond donors (Lipinski definition) is 2. The highest BCUT2D eigenvalue weighted by atomic mass is 32.2. The fraction of sp³-hybridized carbons (Fsp3) is 1.00. The normalized spacial score (nSPS) is 25.1. The van der Waals surface area contributed by atoms with E-state index in [1.165, 1.54) is 17.1 Å². The number of piperidine rings is 1. The number of aliphatic hydroxyl groups is 1. The number of aliphatic hydroxyl groups excluding tert-OH is 1. The van der Waals surface area contributed by atoms with Gasteiger partial charge < -0.3 is 10.0 Å². The Morgan fingerprint density at radius 3 is 2.35 bits per heavy atom. The first-order valence-electron chi connectivity index (χ1n) is 7.62. The molecular formula is C13H27N3O3S. The Kier molecular flexibility index (Phi) is 5.80. The fourth-order valence-electron chi connectivity index (χ4n) is 3.05. The van der Waals surface area contributed by atoms with Gasteiger partial charge in [0.05, 0.1) is 0 Å². The molecule has 0 aliphatic carbocycles. The van der Waals surface area contributed by atoms with Crippen molar-refractivity contribution in [3.05, 3.63) is 0 Å². The van der Waals surface area contributed by atoms with Gasteiger partial charge in [-0.1, -0.05) is 0 Å². The third-order valence-corrected chi connectivity index (χ3v) is 6.00. The zero-order valence-electron chi connectivity index (χ0n) is 12.3. The van der Waals surface area contributed by atoms with Crippen molar-refractivity contribution in [1.82, 2.24) is 13.9 Å². The van der Waals surface area contributed by atoms with Crippen LogP contribution in [-0.2, 0) is 10.2 Å². The van der Waals surface area contributed by atoms with E-state index in [2.05, 4.69) is 9.62 Å². The van der Waals surface area contributed by atoms with Gasteiger partial charge in [0.15, 0.2) is 0 Å². The predicted molar refractivity (Wildman–Crippen MR) is 78.6 cm³/mol. The molecule has 2 rings (SSSR count). The Morgan fingerprint density at radius 2 is 1.80 bits per heavy atom. The van der Waals surface area contributed by atoms with Crippen molar-refractivity contribution >= 4 is 10.2 Å². The molecule has 0 amide bonds. The maximum Gasteiger partial charge on any atom is 0.279 e. The van der Waals surface area contributed by atoms with Crippen LogP contribution in [-0.4, -0.2) is 68.1 Å². The average molecular weight is 305 g/mol. The molecule has 2 heterocycles. The molecule has 6 nitrogen and oxygen atoms in total. The Hall–Kier alpha value is -0.210. The molecule has 1 atom stereocenters. The van der Waals surface area contributed by atoms with Crippen molar-refractivity contribution in [2.24, 2.45) is 5.92 Å². The van der Waals surface area contributed by atoms with Crippen LogP contribution in [0.4, 0.5) is 0 Å². The lowest BCUT2D eigenvalue weighted by atomic mass is 10.00. The maximum atomic E-state index is 12.3. The minimum atomic E-state index is -3.38. The van der Waals surface area contributed by atoms with Gasteiger partial charge >= 0.3 is 0 Å². The molecule has 2 saturated heterocycles. The van der Waals surface area contributed by atoms with Crippen LogP contribution in [0.2, 0.25) is 0 Å². The van der Waals surface area contributed by atoms with Crippen LogP contribution in [0.25, 0.3) is 0 Å². The van der Waals surface area contributed by atoms with Crippen molar-refractivity contribution < 1.29 is 13.5 Å². The molecule has 2 fully saturated rings. The molecule has 0 radical (unpaired) electrons. The number of likely N-dealkylation sites (tertiary alicyclic amines) is 1. The van der Waals surface area contributed by atoms with Gasteiger partial charge in [0, 0.05) is 32.3 Å². The summed E-state index contributed by atoms with van der Waals surface area (Å²) < 4.78 is 28.9. The molecule has 2 aliphatic heterocycles. The zero-order valence-corrected chi connectivity index (χ0v) is 13.1. The predicted octanol–water partition coefficient (Wildman–Crippen LogP) is 0.00940. The lowest BCUT2D eigenvalue weighted by molar-refractivity contribution is 0.169. The highest BCUT2D eigenvalue weighted by molar-refractivity contribution is 7.87. The smallest absolute Gasteiger partial charge is 0.279 e. The van der Waals surface area contributed by atoms with Gasteiger partial charge in [-0.15, -0.1) is 0 Å². The van der Waals surface area contributed by atoms with Crippen LogP contribution >= 0.6 is 0 Å². The van der Waals surface area contributed by atoms with E-state index in [4.69, 9.17) is 5.11 Å². The molecule has 118 valence electrons. The Morgan fingerprint density at radius 1 is 1.20 bits per heavy atom. The van der Waals surface area contributed by atoms with Crippen LogP contribution < -0.4 is 4.72 Å². The van der Waals surface area contributed by atoms with Crippen molar-refractivity contribution in [3.8, 4) is 0 Å². The number of rotatable bonds is 6. The van der Waals surface area contributed by atoms with E-state index in [1.807, 2.05) is 6.92 Å². The van der Waals surface area contributed by atoms with E-state index in [1.54, 1.807) is 0 Å². The van der Waals surface area contributed by atoms with Gasteiger partial charge in [0.2, 0.25) is 0 Å². The standard InChI is InChI=1S/C13H27N3O3S/c1-12(10-15-6-2-3-7-15)14-20(18,19)16-8-4-13(11-17)5-9-16/h12-14,17H,2-11H2,1H3. The van der Waals surface area contributed by atoms with Crippen molar-refractivity contribution in [1.29, 1.82) is 0 Å². The van der Waals surface area contributed by atoms with E-state index in [9.17, 15) is 8.42 Å². The molecule has 20 heavy (non-hydrogen) atoms. The van der Waals surface area contributed by atoms with Crippen LogP contribution in [0, 0.1) is 5.92 Å². The quantitative estimate of drug-likeness (QED) is 0.725. The summed E-state index contributed by atoms with van der Waals surface area (Å²) in [4.78, 5) is 2.31. The number of nitrogens with zero attached hydrogens (tertiary/aromatic N) is 2. The van der Waals surface area contributed by atoms with Gasteiger partial charge in [0.25, 0.3) is 10.2 Å². The average Bonchev–Trinajstić information content (AvgIpc) is 2.91. The number of nitrogens with one attached hydrogen (secondary N) is 1. The van der Waals surface area contributed by atoms with E-state index < -0.39 is 10.2 Å². The van der Waals surface area contributed by atoms with Crippen molar-refractivity contribution in [2.45, 2.75) is 38.6 Å². The zero-order chi connectivity index (χ0) is 14.6. The molecule has 0 bridgehead atoms. The number of hydrogen-bond acceptors (Lipinski definition) is 4. The Bertz CT molecular complexity index is 388. The minimum Gasteiger partial charge on any atom is -0.396 e. The lowest BCUT2D eigenvalue weighted by Gasteiger charge is -2.31. The van der Waals surface area contributed by atoms with Gasteiger partial charge in [0.1, 0.15) is 0 Å². The second-order valence-corrected chi connectivity index (χ2v) is 7.76. The lowest BCUT2D eigenvalue weighted by Crippen LogP contribution is -2.50. The maximum absolute atomic E-state index is 12.3. The van der Waals surface area contributed by atoms with Gasteiger partial charge in [-0.05, 0) is 51.6 Å². The molecule has 0 aromatic carbocycles. The second kappa shape index (κ2) is 7.17. The molecule has 0 saturated carbocycles. The Labute approximate surface area is 122 Å². The summed E-state index contributed by atoms with van der Waals surface area (Å²) in [7, 11) is -3.38. The highest BCUT2D eigenvalue weighted by Gasteiger charge is 2.29. The largest absolute Gasteiger partial charge is 0.396 e. The van der Waals surface area contributed by atoms with E-state index >= 15 is 0 Å². The summed E-state index contributed by atoms with van der Waals surface area (Å²) in [5.74, 6) is 0.253. The first-order chi connectivity index (χ1) is 9.51. The van der Waals surface area contributed by atoms with Gasteiger partial charge in [-0.25, -0.2) is 0 Å². The van der Waals surface area contributed by atoms with Crippen molar-refractivity contribution in [3.63, 3.8) is 0 Å². The third-order valence-electron chi connectivity index (χ3n) is 4.25. The van der Waals surface area contributed by atoms with Gasteiger partial charge in [-0.2, -0.15) is 17.4 Å². The molecule has 1 unspecified atom stereocenters. The molecule has 2 aliphatic rings. The highest BCUT2D eigenvalue weighted by Crippen LogP contribution is 2.18. The summed E-state index contributed by atoms with van der Waals surface area (Å²) >= 11 is 0. The molecule has 7 heteroatoms. The summed E-state index contributed by atoms with van der Waals surface area (Å²) in [5.41, 5.74) is 0. The molecule has 0 aromatic rings. The molecular weight excluding hydrogens is 278 g/mol. The van der Waals surface area contributed by atoms with E-state index in [-0.39, 0.29) is 18.6 Å². The van der Waals surface area contributed by atoms with Gasteiger partial charge in [-0.3, -0.25) is 0 Å². The van der Waals surface area contributed by atoms with E-state index in [0.717, 1.165) is 32.5 Å². The summed E-state index contributed by atoms with van der Waals surface area (Å²) in [6.45, 7) is 6.05. The summed E-state index contributed by atoms with van der Waals surface area (Å²) in [6, 6.07) is -0.0614. The summed E-state index contributed by atoms with van der Waals surface area (Å²) in [6.07, 6.45) is 3.93. The minimum absolute atomic E-state index is 0.0614. The Balaban J connectivity index is 1.80. The topological polar surface area (TPSA) is 72.9 Å². The molecule has 2 N–H and O–H groups in total. The molecule has 0 spiro atoms. The van der Waals surface area contributed by atoms with Crippen molar-refractivity contribution in [2.75, 3.05) is 39.3 Å². The van der Waals surface area contributed by atoms with Crippen LogP contribution in [0.15, 0.2) is 0 Å². The first kappa shape index (κ1) is 16.2. The monoisotopic (exact) mass is 305 g/mol. The van der Waals surface area contributed by atoms with Crippen LogP contribution in [0.1, 0.15) is 32.6 Å². The molecule has 0 aromatic heterocycles.